The van der Waals surface area contributed by atoms with Crippen LogP contribution >= 0.6 is 0 Å². The number of amides is 4. The first-order valence-electron chi connectivity index (χ1n) is 16.7. The van der Waals surface area contributed by atoms with Gasteiger partial charge >= 0.3 is 0 Å². The van der Waals surface area contributed by atoms with Gasteiger partial charge in [0.2, 0.25) is 23.6 Å². The zero-order valence-corrected chi connectivity index (χ0v) is 28.6. The van der Waals surface area contributed by atoms with Gasteiger partial charge in [-0.2, -0.15) is 0 Å². The monoisotopic (exact) mass is 661 g/mol. The van der Waals surface area contributed by atoms with E-state index in [1.165, 1.54) is 0 Å². The van der Waals surface area contributed by atoms with Crippen molar-refractivity contribution in [2.75, 3.05) is 38.1 Å². The molecule has 14 heteroatoms. The number of hydrogen-bond acceptors (Lipinski definition) is 8. The summed E-state index contributed by atoms with van der Waals surface area (Å²) in [6.07, 6.45) is 4.28. The number of unbranched alkanes of at least 4 members (excludes halogenated alkanes) is 1. The molecule has 1 aromatic carbocycles. The van der Waals surface area contributed by atoms with Gasteiger partial charge in [-0.1, -0.05) is 39.8 Å². The lowest BCUT2D eigenvalue weighted by atomic mass is 10.0. The number of carbonyl (C=O) groups excluding carboxylic acids is 4. The van der Waals surface area contributed by atoms with Gasteiger partial charge in [0.1, 0.15) is 6.04 Å². The second kappa shape index (κ2) is 22.7. The van der Waals surface area contributed by atoms with Crippen LogP contribution < -0.4 is 38.5 Å². The summed E-state index contributed by atoms with van der Waals surface area (Å²) in [5.41, 5.74) is 19.2. The highest BCUT2D eigenvalue weighted by atomic mass is 16.3. The Labute approximate surface area is 279 Å². The van der Waals surface area contributed by atoms with Crippen molar-refractivity contribution in [3.63, 3.8) is 0 Å². The molecule has 0 spiro atoms. The van der Waals surface area contributed by atoms with Gasteiger partial charge in [-0.15, -0.1) is 0 Å². The van der Waals surface area contributed by atoms with Crippen LogP contribution in [0.25, 0.3) is 0 Å². The number of aryl methyl sites for hydroxylation is 1. The number of rotatable bonds is 23. The van der Waals surface area contributed by atoms with Crippen LogP contribution in [-0.4, -0.2) is 90.5 Å². The van der Waals surface area contributed by atoms with Crippen LogP contribution in [0.2, 0.25) is 0 Å². The van der Waals surface area contributed by atoms with E-state index in [9.17, 15) is 24.3 Å². The van der Waals surface area contributed by atoms with E-state index in [0.29, 0.717) is 82.7 Å². The predicted molar refractivity (Wildman–Crippen MR) is 185 cm³/mol. The minimum atomic E-state index is -1.06. The highest BCUT2D eigenvalue weighted by Crippen LogP contribution is 2.12. The molecule has 3 atom stereocenters. The van der Waals surface area contributed by atoms with Crippen molar-refractivity contribution in [1.29, 1.82) is 5.41 Å². The normalized spacial score (nSPS) is 13.0. The molecule has 0 aliphatic rings. The molecule has 0 saturated heterocycles. The maximum atomic E-state index is 13.1. The highest BCUT2D eigenvalue weighted by molar-refractivity contribution is 5.89. The first-order chi connectivity index (χ1) is 22.2. The summed E-state index contributed by atoms with van der Waals surface area (Å²) in [5.74, 6) is -0.724. The molecule has 0 saturated carbocycles. The highest BCUT2D eigenvalue weighted by Gasteiger charge is 2.23. The Morgan fingerprint density at radius 2 is 1.40 bits per heavy atom. The number of carbonyl (C=O) groups is 4. The van der Waals surface area contributed by atoms with Crippen molar-refractivity contribution in [2.45, 2.75) is 97.2 Å². The predicted octanol–water partition coefficient (Wildman–Crippen LogP) is 0.770. The first kappa shape index (κ1) is 41.3. The topological polar surface area (TPSA) is 242 Å². The lowest BCUT2D eigenvalue weighted by Crippen LogP contribution is -2.49. The Bertz CT molecular complexity index is 1110. The number of hydrogen-bond donors (Lipinski definition) is 9. The van der Waals surface area contributed by atoms with Crippen molar-refractivity contribution < 1.29 is 24.3 Å². The molecule has 0 aliphatic heterocycles. The zero-order valence-electron chi connectivity index (χ0n) is 28.6. The van der Waals surface area contributed by atoms with Gasteiger partial charge in [-0.3, -0.25) is 24.6 Å². The number of aliphatic hydroxyl groups excluding tert-OH is 1. The van der Waals surface area contributed by atoms with E-state index in [0.717, 1.165) is 5.56 Å². The number of nitrogens with one attached hydrogen (secondary N) is 5. The van der Waals surface area contributed by atoms with Crippen molar-refractivity contribution in [2.24, 2.45) is 29.0 Å². The van der Waals surface area contributed by atoms with Crippen molar-refractivity contribution in [3.8, 4) is 0 Å². The molecule has 0 radical (unpaired) electrons. The maximum Gasteiger partial charge on any atom is 0.244 e. The number of nitrogens with two attached hydrogens (primary N) is 3. The Morgan fingerprint density at radius 1 is 0.830 bits per heavy atom. The quantitative estimate of drug-likeness (QED) is 0.0456. The third-order valence-electron chi connectivity index (χ3n) is 7.41. The van der Waals surface area contributed by atoms with Gasteiger partial charge < -0.3 is 48.5 Å². The Hall–Kier alpha value is -3.75. The van der Waals surface area contributed by atoms with Gasteiger partial charge in [0, 0.05) is 38.3 Å². The van der Waals surface area contributed by atoms with Gasteiger partial charge in [0.25, 0.3) is 0 Å². The van der Waals surface area contributed by atoms with E-state index in [-0.39, 0.29) is 36.0 Å². The third-order valence-corrected chi connectivity index (χ3v) is 7.41. The summed E-state index contributed by atoms with van der Waals surface area (Å²) in [6.45, 7) is 9.08. The summed E-state index contributed by atoms with van der Waals surface area (Å²) in [4.78, 5) is 52.0. The van der Waals surface area contributed by atoms with Crippen molar-refractivity contribution >= 4 is 35.3 Å². The van der Waals surface area contributed by atoms with E-state index in [1.807, 2.05) is 39.8 Å². The lowest BCUT2D eigenvalue weighted by Gasteiger charge is -2.27. The first-order valence-corrected chi connectivity index (χ1v) is 16.7. The summed E-state index contributed by atoms with van der Waals surface area (Å²) in [5, 5.41) is 27.8. The van der Waals surface area contributed by atoms with E-state index in [2.05, 4.69) is 21.3 Å². The number of benzene rings is 1. The smallest absolute Gasteiger partial charge is 0.244 e. The summed E-state index contributed by atoms with van der Waals surface area (Å²) >= 11 is 0. The summed E-state index contributed by atoms with van der Waals surface area (Å²) < 4.78 is 0. The molecule has 47 heavy (non-hydrogen) atoms. The Kier molecular flexibility index (Phi) is 20.0. The molecule has 4 amide bonds. The maximum absolute atomic E-state index is 13.1. The van der Waals surface area contributed by atoms with Gasteiger partial charge in [-0.25, -0.2) is 0 Å². The molecule has 0 unspecified atom stereocenters. The number of aliphatic hydroxyl groups is 1. The molecule has 1 aromatic rings. The fourth-order valence-electron chi connectivity index (χ4n) is 4.99. The molecule has 0 heterocycles. The number of nitrogens with zero attached hydrogens (tertiary/aromatic N) is 1. The van der Waals surface area contributed by atoms with Crippen molar-refractivity contribution in [1.82, 2.24) is 20.9 Å². The van der Waals surface area contributed by atoms with Crippen LogP contribution in [-0.2, 0) is 25.6 Å². The van der Waals surface area contributed by atoms with E-state index < -0.39 is 30.6 Å². The minimum Gasteiger partial charge on any atom is -0.394 e. The Balaban J connectivity index is 2.47. The second-order valence-corrected chi connectivity index (χ2v) is 12.8. The fraction of sp³-hybridized carbons (Fsp3) is 0.667. The standard InChI is InChI=1S/C33H59N9O5/c1-22(2)19-26(34)30(45)38-16-8-18-42(32(47)27(35)20-23(3)4)17-6-5-15-39-31(46)28(21-43)41-29(44)10-7-9-24-11-13-25(14-12-24)40-33(36)37/h11-14,22-23,26-28,43H,5-10,15-21,34-35H2,1-4H3,(H,38,45)(H,39,46)(H,41,44)(H4,36,37,40)/t26-,27-,28-/m0/s1. The largest absolute Gasteiger partial charge is 0.394 e. The minimum absolute atomic E-state index is 0.143. The summed E-state index contributed by atoms with van der Waals surface area (Å²) in [7, 11) is 0. The molecule has 12 N–H and O–H groups in total. The molecule has 0 fully saturated rings. The third kappa shape index (κ3) is 18.2. The molecule has 0 aromatic heterocycles. The van der Waals surface area contributed by atoms with E-state index in [4.69, 9.17) is 22.6 Å². The second-order valence-electron chi connectivity index (χ2n) is 12.8. The molecule has 1 rings (SSSR count). The van der Waals surface area contributed by atoms with Crippen LogP contribution in [0, 0.1) is 17.2 Å². The number of anilines is 1. The van der Waals surface area contributed by atoms with E-state index >= 15 is 0 Å². The van der Waals surface area contributed by atoms with Crippen LogP contribution in [0.1, 0.15) is 78.2 Å². The summed E-state index contributed by atoms with van der Waals surface area (Å²) in [6, 6.07) is 5.13. The molecular formula is C33H59N9O5. The molecule has 14 nitrogen and oxygen atoms in total. The Morgan fingerprint density at radius 3 is 2.00 bits per heavy atom. The van der Waals surface area contributed by atoms with Crippen LogP contribution in [0.5, 0.6) is 0 Å². The number of guanidine groups is 1. The lowest BCUT2D eigenvalue weighted by molar-refractivity contribution is -0.133. The van der Waals surface area contributed by atoms with Crippen molar-refractivity contribution in [3.05, 3.63) is 29.8 Å². The average Bonchev–Trinajstić information content (AvgIpc) is 2.99. The van der Waals surface area contributed by atoms with Gasteiger partial charge in [0.05, 0.1) is 18.7 Å². The van der Waals surface area contributed by atoms with Crippen LogP contribution in [0.3, 0.4) is 0 Å². The molecule has 266 valence electrons. The average molecular weight is 662 g/mol. The van der Waals surface area contributed by atoms with E-state index in [1.54, 1.807) is 17.0 Å². The van der Waals surface area contributed by atoms with Crippen LogP contribution in [0.4, 0.5) is 5.69 Å². The molecular weight excluding hydrogens is 602 g/mol. The van der Waals surface area contributed by atoms with Gasteiger partial charge in [0.15, 0.2) is 5.96 Å². The SMILES string of the molecule is CC(C)C[C@H](N)C(=O)NCCCN(CCCCNC(=O)[C@H](CO)NC(=O)CCCc1ccc(NC(=N)N)cc1)C(=O)[C@@H](N)CC(C)C. The fourth-order valence-corrected chi connectivity index (χ4v) is 4.99. The van der Waals surface area contributed by atoms with Gasteiger partial charge in [-0.05, 0) is 74.5 Å². The molecule has 0 aliphatic carbocycles. The zero-order chi connectivity index (χ0) is 35.4. The molecule has 0 bridgehead atoms. The van der Waals surface area contributed by atoms with Crippen LogP contribution in [0.15, 0.2) is 24.3 Å².